The molecule has 21 heavy (non-hydrogen) atoms. The van der Waals surface area contributed by atoms with Gasteiger partial charge in [0.05, 0.1) is 24.0 Å². The summed E-state index contributed by atoms with van der Waals surface area (Å²) in [5.41, 5.74) is 1.59. The van der Waals surface area contributed by atoms with E-state index >= 15 is 0 Å². The summed E-state index contributed by atoms with van der Waals surface area (Å²) in [5, 5.41) is 26.4. The van der Waals surface area contributed by atoms with Gasteiger partial charge in [0.2, 0.25) is 0 Å². The Bertz CT molecular complexity index is 656. The molecule has 0 amide bonds. The minimum absolute atomic E-state index is 0.271. The summed E-state index contributed by atoms with van der Waals surface area (Å²) >= 11 is 0. The van der Waals surface area contributed by atoms with Crippen LogP contribution in [0.15, 0.2) is 58.8 Å². The lowest BCUT2D eigenvalue weighted by Crippen LogP contribution is -2.29. The van der Waals surface area contributed by atoms with E-state index in [-0.39, 0.29) is 5.46 Å². The molecule has 0 spiro atoms. The Balaban J connectivity index is 2.20. The molecule has 6 nitrogen and oxygen atoms in total. The van der Waals surface area contributed by atoms with E-state index in [4.69, 9.17) is 0 Å². The molecule has 7 heteroatoms. The molecule has 0 saturated heterocycles. The van der Waals surface area contributed by atoms with Gasteiger partial charge in [0.15, 0.2) is 0 Å². The van der Waals surface area contributed by atoms with Crippen LogP contribution in [-0.4, -0.2) is 30.2 Å². The smallest absolute Gasteiger partial charge is 0.465 e. The third-order valence-electron chi connectivity index (χ3n) is 2.78. The van der Waals surface area contributed by atoms with Crippen LogP contribution >= 0.6 is 0 Å². The Labute approximate surface area is 121 Å². The molecule has 0 unspecified atom stereocenters. The number of rotatable bonds is 4. The van der Waals surface area contributed by atoms with Gasteiger partial charge in [0, 0.05) is 5.46 Å². The number of esters is 1. The zero-order valence-electron chi connectivity index (χ0n) is 11.3. The lowest BCUT2D eigenvalue weighted by molar-refractivity contribution is 0.0601. The van der Waals surface area contributed by atoms with Crippen LogP contribution in [0.25, 0.3) is 0 Å². The first-order valence-corrected chi connectivity index (χ1v) is 6.17. The molecule has 0 saturated carbocycles. The molecule has 0 bridgehead atoms. The van der Waals surface area contributed by atoms with Crippen molar-refractivity contribution in [2.45, 2.75) is 0 Å². The molecule has 0 aliphatic rings. The van der Waals surface area contributed by atoms with Crippen LogP contribution < -0.4 is 5.46 Å². The Kier molecular flexibility index (Phi) is 4.81. The van der Waals surface area contributed by atoms with Crippen molar-refractivity contribution in [2.75, 3.05) is 7.11 Å². The van der Waals surface area contributed by atoms with Gasteiger partial charge in [-0.2, -0.15) is 10.2 Å². The maximum Gasteiger partial charge on any atom is 0.490 e. The van der Waals surface area contributed by atoms with E-state index in [2.05, 4.69) is 15.0 Å². The van der Waals surface area contributed by atoms with Crippen molar-refractivity contribution in [3.63, 3.8) is 0 Å². The SMILES string of the molecule is COC(=O)c1ccc(N=Nc2ccccc2B(O)O)cc1. The van der Waals surface area contributed by atoms with Gasteiger partial charge in [-0.05, 0) is 30.3 Å². The normalized spacial score (nSPS) is 10.6. The van der Waals surface area contributed by atoms with Gasteiger partial charge in [-0.3, -0.25) is 0 Å². The molecule has 0 aliphatic carbocycles. The highest BCUT2D eigenvalue weighted by molar-refractivity contribution is 6.60. The van der Waals surface area contributed by atoms with Crippen molar-refractivity contribution in [2.24, 2.45) is 10.2 Å². The average Bonchev–Trinajstić information content (AvgIpc) is 2.52. The fraction of sp³-hybridized carbons (Fsp3) is 0.0714. The van der Waals surface area contributed by atoms with E-state index in [0.29, 0.717) is 16.9 Å². The summed E-state index contributed by atoms with van der Waals surface area (Å²) < 4.78 is 4.60. The van der Waals surface area contributed by atoms with Crippen molar-refractivity contribution in [3.8, 4) is 0 Å². The quantitative estimate of drug-likeness (QED) is 0.506. The van der Waals surface area contributed by atoms with E-state index in [1.165, 1.54) is 7.11 Å². The zero-order chi connectivity index (χ0) is 15.2. The van der Waals surface area contributed by atoms with E-state index in [1.807, 2.05) is 0 Å². The summed E-state index contributed by atoms with van der Waals surface area (Å²) in [6.45, 7) is 0. The van der Waals surface area contributed by atoms with Crippen molar-refractivity contribution in [3.05, 3.63) is 54.1 Å². The average molecular weight is 284 g/mol. The van der Waals surface area contributed by atoms with Gasteiger partial charge in [-0.25, -0.2) is 4.79 Å². The second-order valence-corrected chi connectivity index (χ2v) is 4.17. The minimum Gasteiger partial charge on any atom is -0.465 e. The monoisotopic (exact) mass is 284 g/mol. The van der Waals surface area contributed by atoms with E-state index in [9.17, 15) is 14.8 Å². The summed E-state index contributed by atoms with van der Waals surface area (Å²) in [5.74, 6) is -0.424. The van der Waals surface area contributed by atoms with Gasteiger partial charge in [0.25, 0.3) is 0 Å². The Hall–Kier alpha value is -2.51. The van der Waals surface area contributed by atoms with Gasteiger partial charge in [0.1, 0.15) is 0 Å². The first-order chi connectivity index (χ1) is 10.1. The maximum atomic E-state index is 11.3. The Morgan fingerprint density at radius 3 is 2.33 bits per heavy atom. The number of azo groups is 1. The predicted molar refractivity (Wildman–Crippen MR) is 78.2 cm³/mol. The van der Waals surface area contributed by atoms with Crippen molar-refractivity contribution in [1.82, 2.24) is 0 Å². The Morgan fingerprint density at radius 1 is 1.05 bits per heavy atom. The largest absolute Gasteiger partial charge is 0.490 e. The van der Waals surface area contributed by atoms with Crippen LogP contribution in [0.1, 0.15) is 10.4 Å². The van der Waals surface area contributed by atoms with Gasteiger partial charge in [-0.15, -0.1) is 0 Å². The summed E-state index contributed by atoms with van der Waals surface area (Å²) in [7, 11) is -0.297. The predicted octanol–water partition coefficient (Wildman–Crippen LogP) is 1.57. The highest BCUT2D eigenvalue weighted by Crippen LogP contribution is 2.18. The van der Waals surface area contributed by atoms with Crippen LogP contribution in [0.5, 0.6) is 0 Å². The fourth-order valence-corrected chi connectivity index (χ4v) is 1.69. The third-order valence-corrected chi connectivity index (χ3v) is 2.78. The zero-order valence-corrected chi connectivity index (χ0v) is 11.3. The first kappa shape index (κ1) is 14.9. The van der Waals surface area contributed by atoms with Crippen molar-refractivity contribution in [1.29, 1.82) is 0 Å². The van der Waals surface area contributed by atoms with Crippen LogP contribution in [0.3, 0.4) is 0 Å². The van der Waals surface area contributed by atoms with E-state index in [1.54, 1.807) is 48.5 Å². The van der Waals surface area contributed by atoms with Crippen molar-refractivity contribution >= 4 is 29.9 Å². The number of methoxy groups -OCH3 is 1. The number of hydrogen-bond acceptors (Lipinski definition) is 6. The molecule has 2 N–H and O–H groups in total. The Morgan fingerprint density at radius 2 is 1.71 bits per heavy atom. The van der Waals surface area contributed by atoms with Crippen LogP contribution in [0, 0.1) is 0 Å². The molecule has 0 radical (unpaired) electrons. The number of nitrogens with zero attached hydrogens (tertiary/aromatic N) is 2. The third kappa shape index (κ3) is 3.74. The number of benzene rings is 2. The van der Waals surface area contributed by atoms with Crippen LogP contribution in [0.2, 0.25) is 0 Å². The van der Waals surface area contributed by atoms with Gasteiger partial charge >= 0.3 is 13.1 Å². The molecule has 2 rings (SSSR count). The first-order valence-electron chi connectivity index (χ1n) is 6.17. The van der Waals surface area contributed by atoms with Crippen LogP contribution in [-0.2, 0) is 4.74 Å². The van der Waals surface area contributed by atoms with E-state index in [0.717, 1.165) is 0 Å². The second kappa shape index (κ2) is 6.78. The lowest BCUT2D eigenvalue weighted by atomic mass is 9.79. The molecule has 0 fully saturated rings. The second-order valence-electron chi connectivity index (χ2n) is 4.17. The molecular weight excluding hydrogens is 271 g/mol. The minimum atomic E-state index is -1.61. The van der Waals surface area contributed by atoms with Gasteiger partial charge in [-0.1, -0.05) is 18.2 Å². The summed E-state index contributed by atoms with van der Waals surface area (Å²) in [4.78, 5) is 11.3. The number of carbonyl (C=O) groups excluding carboxylic acids is 1. The molecule has 0 heterocycles. The topological polar surface area (TPSA) is 91.5 Å². The standard InChI is InChI=1S/C14H13BN2O4/c1-21-14(18)10-6-8-11(9-7-10)16-17-13-5-3-2-4-12(13)15(19)20/h2-9,19-20H,1H3. The summed E-state index contributed by atoms with van der Waals surface area (Å²) in [6, 6.07) is 13.0. The number of carbonyl (C=O) groups is 1. The maximum absolute atomic E-state index is 11.3. The molecule has 0 atom stereocenters. The fourth-order valence-electron chi connectivity index (χ4n) is 1.69. The molecule has 2 aromatic carbocycles. The molecule has 0 aliphatic heterocycles. The van der Waals surface area contributed by atoms with Crippen LogP contribution in [0.4, 0.5) is 11.4 Å². The highest BCUT2D eigenvalue weighted by atomic mass is 16.5. The molecule has 2 aromatic rings. The number of ether oxygens (including phenoxy) is 1. The summed E-state index contributed by atoms with van der Waals surface area (Å²) in [6.07, 6.45) is 0. The highest BCUT2D eigenvalue weighted by Gasteiger charge is 2.14. The number of hydrogen-bond donors (Lipinski definition) is 2. The molecule has 0 aromatic heterocycles. The molecular formula is C14H13BN2O4. The van der Waals surface area contributed by atoms with Gasteiger partial charge < -0.3 is 14.8 Å². The lowest BCUT2D eigenvalue weighted by Gasteiger charge is -2.02. The molecule has 106 valence electrons. The van der Waals surface area contributed by atoms with Crippen molar-refractivity contribution < 1.29 is 19.6 Å². The van der Waals surface area contributed by atoms with E-state index < -0.39 is 13.1 Å².